The fourth-order valence-corrected chi connectivity index (χ4v) is 5.01. The molecule has 0 spiro atoms. The molecule has 8 heteroatoms. The van der Waals surface area contributed by atoms with E-state index in [-0.39, 0.29) is 17.6 Å². The third-order valence-corrected chi connectivity index (χ3v) is 6.97. The fraction of sp³-hybridized carbons (Fsp3) is 0.364. The standard InChI is InChI=1S/C22H23FN4O2S/c1-29-18-6-7-20-19(12-18)24-22(30-20)27-13-15(14-27)21(28)26-10-8-25(9-11-26)17-4-2-16(23)3-5-17/h2-7,12,15H,8-11,13-14H2,1H3. The molecule has 2 aliphatic heterocycles. The zero-order valence-corrected chi connectivity index (χ0v) is 17.6. The van der Waals surface area contributed by atoms with E-state index in [2.05, 4.69) is 9.80 Å². The van der Waals surface area contributed by atoms with Crippen LogP contribution in [0.2, 0.25) is 0 Å². The molecule has 3 heterocycles. The molecule has 2 aliphatic rings. The van der Waals surface area contributed by atoms with E-state index in [1.165, 1.54) is 12.1 Å². The second-order valence-corrected chi connectivity index (χ2v) is 8.73. The molecule has 0 N–H and O–H groups in total. The number of aromatic nitrogens is 1. The Hall–Kier alpha value is -2.87. The number of nitrogens with zero attached hydrogens (tertiary/aromatic N) is 4. The van der Waals surface area contributed by atoms with Crippen LogP contribution in [0.4, 0.5) is 15.2 Å². The lowest BCUT2D eigenvalue weighted by Gasteiger charge is -2.43. The largest absolute Gasteiger partial charge is 0.497 e. The first-order valence-electron chi connectivity index (χ1n) is 10.1. The van der Waals surface area contributed by atoms with Crippen LogP contribution in [-0.2, 0) is 4.79 Å². The van der Waals surface area contributed by atoms with Crippen molar-refractivity contribution in [1.82, 2.24) is 9.88 Å². The molecule has 30 heavy (non-hydrogen) atoms. The van der Waals surface area contributed by atoms with Crippen molar-refractivity contribution in [2.24, 2.45) is 5.92 Å². The molecule has 0 radical (unpaired) electrons. The van der Waals surface area contributed by atoms with Crippen LogP contribution < -0.4 is 14.5 Å². The second kappa shape index (κ2) is 7.75. The number of anilines is 2. The maximum atomic E-state index is 13.1. The topological polar surface area (TPSA) is 48.9 Å². The first-order chi connectivity index (χ1) is 14.6. The molecule has 0 unspecified atom stereocenters. The van der Waals surface area contributed by atoms with E-state index < -0.39 is 0 Å². The van der Waals surface area contributed by atoms with Crippen molar-refractivity contribution in [3.63, 3.8) is 0 Å². The SMILES string of the molecule is COc1ccc2sc(N3CC(C(=O)N4CCN(c5ccc(F)cc5)CC4)C3)nc2c1. The van der Waals surface area contributed by atoms with Gasteiger partial charge in [-0.3, -0.25) is 4.79 Å². The first kappa shape index (κ1) is 19.1. The summed E-state index contributed by atoms with van der Waals surface area (Å²) in [6.45, 7) is 4.38. The van der Waals surface area contributed by atoms with E-state index in [1.807, 2.05) is 23.1 Å². The van der Waals surface area contributed by atoms with Crippen molar-refractivity contribution in [2.45, 2.75) is 0 Å². The Morgan fingerprint density at radius 1 is 1.07 bits per heavy atom. The van der Waals surface area contributed by atoms with E-state index in [4.69, 9.17) is 9.72 Å². The number of rotatable bonds is 4. The van der Waals surface area contributed by atoms with Crippen LogP contribution in [0.3, 0.4) is 0 Å². The van der Waals surface area contributed by atoms with Crippen LogP contribution in [0.15, 0.2) is 42.5 Å². The van der Waals surface area contributed by atoms with Gasteiger partial charge < -0.3 is 19.4 Å². The van der Waals surface area contributed by atoms with Gasteiger partial charge >= 0.3 is 0 Å². The predicted octanol–water partition coefficient (Wildman–Crippen LogP) is 3.23. The van der Waals surface area contributed by atoms with E-state index >= 15 is 0 Å². The molecular weight excluding hydrogens is 403 g/mol. The van der Waals surface area contributed by atoms with Gasteiger partial charge in [0.2, 0.25) is 5.91 Å². The van der Waals surface area contributed by atoms with E-state index in [0.29, 0.717) is 26.2 Å². The number of amides is 1. The van der Waals surface area contributed by atoms with Gasteiger partial charge in [0.25, 0.3) is 0 Å². The van der Waals surface area contributed by atoms with Crippen LogP contribution in [0, 0.1) is 11.7 Å². The van der Waals surface area contributed by atoms with Crippen LogP contribution >= 0.6 is 11.3 Å². The molecule has 5 rings (SSSR count). The second-order valence-electron chi connectivity index (χ2n) is 7.72. The molecule has 156 valence electrons. The number of hydrogen-bond donors (Lipinski definition) is 0. The zero-order chi connectivity index (χ0) is 20.7. The number of carbonyl (C=O) groups excluding carboxylic acids is 1. The molecule has 0 atom stereocenters. The summed E-state index contributed by atoms with van der Waals surface area (Å²) in [5.41, 5.74) is 1.94. The molecule has 2 aromatic carbocycles. The fourth-order valence-electron chi connectivity index (χ4n) is 4.04. The van der Waals surface area contributed by atoms with Gasteiger partial charge in [0.05, 0.1) is 23.2 Å². The van der Waals surface area contributed by atoms with Gasteiger partial charge in [-0.2, -0.15) is 0 Å². The summed E-state index contributed by atoms with van der Waals surface area (Å²) in [4.78, 5) is 23.9. The summed E-state index contributed by atoms with van der Waals surface area (Å²) in [5, 5.41) is 0.962. The van der Waals surface area contributed by atoms with Gasteiger partial charge in [0, 0.05) is 51.0 Å². The number of fused-ring (bicyclic) bond motifs is 1. The van der Waals surface area contributed by atoms with Crippen molar-refractivity contribution in [3.05, 3.63) is 48.3 Å². The third-order valence-electron chi connectivity index (χ3n) is 5.87. The predicted molar refractivity (Wildman–Crippen MR) is 117 cm³/mol. The highest BCUT2D eigenvalue weighted by Gasteiger charge is 2.37. The minimum atomic E-state index is -0.227. The Labute approximate surface area is 178 Å². The van der Waals surface area contributed by atoms with Gasteiger partial charge in [-0.25, -0.2) is 9.37 Å². The van der Waals surface area contributed by atoms with Crippen LogP contribution in [-0.4, -0.2) is 62.2 Å². The van der Waals surface area contributed by atoms with Crippen molar-refractivity contribution < 1.29 is 13.9 Å². The Morgan fingerprint density at radius 3 is 2.50 bits per heavy atom. The summed E-state index contributed by atoms with van der Waals surface area (Å²) < 4.78 is 19.5. The van der Waals surface area contributed by atoms with Crippen LogP contribution in [0.5, 0.6) is 5.75 Å². The summed E-state index contributed by atoms with van der Waals surface area (Å²) >= 11 is 1.65. The average molecular weight is 427 g/mol. The highest BCUT2D eigenvalue weighted by atomic mass is 32.1. The summed E-state index contributed by atoms with van der Waals surface area (Å²) in [7, 11) is 1.65. The molecule has 2 saturated heterocycles. The van der Waals surface area contributed by atoms with Crippen molar-refractivity contribution in [3.8, 4) is 5.75 Å². The maximum absolute atomic E-state index is 13.1. The quantitative estimate of drug-likeness (QED) is 0.641. The van der Waals surface area contributed by atoms with E-state index in [9.17, 15) is 9.18 Å². The lowest BCUT2D eigenvalue weighted by atomic mass is 9.99. The Balaban J connectivity index is 1.16. The Morgan fingerprint density at radius 2 is 1.80 bits per heavy atom. The average Bonchev–Trinajstić information content (AvgIpc) is 3.15. The molecular formula is C22H23FN4O2S. The van der Waals surface area contributed by atoms with E-state index in [1.54, 1.807) is 30.6 Å². The molecule has 0 bridgehead atoms. The molecule has 0 saturated carbocycles. The number of methoxy groups -OCH3 is 1. The van der Waals surface area contributed by atoms with Crippen molar-refractivity contribution in [2.75, 3.05) is 56.2 Å². The Bertz CT molecular complexity index is 1060. The number of hydrogen-bond acceptors (Lipinski definition) is 6. The molecule has 0 aliphatic carbocycles. The summed E-state index contributed by atoms with van der Waals surface area (Å²) in [6.07, 6.45) is 0. The van der Waals surface area contributed by atoms with Gasteiger partial charge in [-0.05, 0) is 36.4 Å². The van der Waals surface area contributed by atoms with Crippen LogP contribution in [0.1, 0.15) is 0 Å². The third kappa shape index (κ3) is 3.56. The van der Waals surface area contributed by atoms with Gasteiger partial charge in [-0.15, -0.1) is 0 Å². The smallest absolute Gasteiger partial charge is 0.229 e. The number of halogens is 1. The van der Waals surface area contributed by atoms with Crippen molar-refractivity contribution >= 4 is 38.3 Å². The highest BCUT2D eigenvalue weighted by molar-refractivity contribution is 7.22. The van der Waals surface area contributed by atoms with E-state index in [0.717, 1.165) is 39.9 Å². The normalized spacial score (nSPS) is 17.3. The number of ether oxygens (including phenoxy) is 1. The minimum Gasteiger partial charge on any atom is -0.497 e. The first-order valence-corrected chi connectivity index (χ1v) is 10.9. The number of piperazine rings is 1. The molecule has 1 aromatic heterocycles. The monoisotopic (exact) mass is 426 g/mol. The van der Waals surface area contributed by atoms with Gasteiger partial charge in [-0.1, -0.05) is 11.3 Å². The van der Waals surface area contributed by atoms with Crippen molar-refractivity contribution in [1.29, 1.82) is 0 Å². The minimum absolute atomic E-state index is 0.0314. The van der Waals surface area contributed by atoms with Crippen LogP contribution in [0.25, 0.3) is 10.2 Å². The number of benzene rings is 2. The maximum Gasteiger partial charge on any atom is 0.229 e. The molecule has 6 nitrogen and oxygen atoms in total. The number of thiazole rings is 1. The summed E-state index contributed by atoms with van der Waals surface area (Å²) in [5.74, 6) is 0.835. The highest BCUT2D eigenvalue weighted by Crippen LogP contribution is 2.35. The van der Waals surface area contributed by atoms with Gasteiger partial charge in [0.1, 0.15) is 11.6 Å². The zero-order valence-electron chi connectivity index (χ0n) is 16.8. The molecule has 1 amide bonds. The molecule has 2 fully saturated rings. The Kier molecular flexibility index (Phi) is 4.94. The molecule has 3 aromatic rings. The summed E-state index contributed by atoms with van der Waals surface area (Å²) in [6, 6.07) is 12.5. The number of carbonyl (C=O) groups is 1. The lowest BCUT2D eigenvalue weighted by molar-refractivity contribution is -0.136. The lowest BCUT2D eigenvalue weighted by Crippen LogP contribution is -2.58. The van der Waals surface area contributed by atoms with Gasteiger partial charge in [0.15, 0.2) is 5.13 Å².